The van der Waals surface area contributed by atoms with E-state index in [0.29, 0.717) is 0 Å². The minimum absolute atomic E-state index is 0.0116. The van der Waals surface area contributed by atoms with Crippen molar-refractivity contribution in [2.75, 3.05) is 13.1 Å². The third kappa shape index (κ3) is 5.45. The van der Waals surface area contributed by atoms with Gasteiger partial charge in [-0.05, 0) is 19.1 Å². The quantitative estimate of drug-likeness (QED) is 0.233. The maximum absolute atomic E-state index is 12.0. The fourth-order valence-electron chi connectivity index (χ4n) is 2.89. The number of hydrogen-bond donors (Lipinski definition) is 6. The van der Waals surface area contributed by atoms with Crippen LogP contribution >= 0.6 is 0 Å². The number of amides is 2. The molecule has 0 aromatic heterocycles. The molecule has 0 unspecified atom stereocenters. The Bertz CT molecular complexity index is 712. The fourth-order valence-corrected chi connectivity index (χ4v) is 2.89. The van der Waals surface area contributed by atoms with Crippen molar-refractivity contribution >= 4 is 17.5 Å². The predicted molar refractivity (Wildman–Crippen MR) is 97.5 cm³/mol. The number of nitro groups is 1. The summed E-state index contributed by atoms with van der Waals surface area (Å²) in [4.78, 5) is 33.9. The molecule has 1 aliphatic rings. The first-order valence-corrected chi connectivity index (χ1v) is 8.80. The number of hydrogen-bond acceptors (Lipinski definition) is 8. The molecule has 5 atom stereocenters. The van der Waals surface area contributed by atoms with Crippen LogP contribution in [0.4, 0.5) is 5.69 Å². The van der Waals surface area contributed by atoms with E-state index >= 15 is 0 Å². The van der Waals surface area contributed by atoms with Gasteiger partial charge < -0.3 is 31.3 Å². The Morgan fingerprint density at radius 1 is 1.11 bits per heavy atom. The number of carbonyl (C=O) groups is 2. The number of aliphatic hydroxyl groups is 3. The Kier molecular flexibility index (Phi) is 7.40. The maximum Gasteiger partial charge on any atom is 0.269 e. The van der Waals surface area contributed by atoms with Crippen LogP contribution < -0.4 is 16.0 Å². The first-order valence-electron chi connectivity index (χ1n) is 8.80. The summed E-state index contributed by atoms with van der Waals surface area (Å²) in [7, 11) is 0. The van der Waals surface area contributed by atoms with Crippen LogP contribution in [0, 0.1) is 10.1 Å². The molecule has 0 spiro atoms. The van der Waals surface area contributed by atoms with Gasteiger partial charge in [-0.15, -0.1) is 0 Å². The van der Waals surface area contributed by atoms with E-state index in [-0.39, 0.29) is 36.7 Å². The third-order valence-corrected chi connectivity index (χ3v) is 4.60. The number of nitrogens with one attached hydrogen (secondary N) is 3. The molecule has 1 aromatic carbocycles. The topological polar surface area (TPSA) is 174 Å². The van der Waals surface area contributed by atoms with E-state index in [4.69, 9.17) is 0 Å². The molecule has 0 bridgehead atoms. The highest BCUT2D eigenvalue weighted by Crippen LogP contribution is 2.15. The predicted octanol–water partition coefficient (Wildman–Crippen LogP) is -1.73. The summed E-state index contributed by atoms with van der Waals surface area (Å²) in [5.41, 5.74) is 0.114. The van der Waals surface area contributed by atoms with Gasteiger partial charge in [-0.25, -0.2) is 0 Å². The van der Waals surface area contributed by atoms with E-state index in [2.05, 4.69) is 16.0 Å². The van der Waals surface area contributed by atoms with Crippen molar-refractivity contribution in [2.24, 2.45) is 0 Å². The number of nitrogens with zero attached hydrogens (tertiary/aromatic N) is 1. The molecule has 2 rings (SSSR count). The smallest absolute Gasteiger partial charge is 0.269 e. The molecule has 11 nitrogen and oxygen atoms in total. The second-order valence-corrected chi connectivity index (χ2v) is 6.65. The molecule has 2 amide bonds. The fraction of sp³-hybridized carbons (Fsp3) is 0.529. The molecule has 1 aliphatic heterocycles. The monoisotopic (exact) mass is 396 g/mol. The van der Waals surface area contributed by atoms with Crippen LogP contribution in [0.3, 0.4) is 0 Å². The number of non-ortho nitro benzene ring substituents is 1. The number of benzene rings is 1. The van der Waals surface area contributed by atoms with E-state index in [1.165, 1.54) is 24.3 Å². The van der Waals surface area contributed by atoms with Crippen LogP contribution in [-0.4, -0.2) is 75.5 Å². The van der Waals surface area contributed by atoms with Gasteiger partial charge in [0.2, 0.25) is 5.91 Å². The lowest BCUT2D eigenvalue weighted by atomic mass is 9.91. The summed E-state index contributed by atoms with van der Waals surface area (Å²) in [5.74, 6) is -0.829. The lowest BCUT2D eigenvalue weighted by Crippen LogP contribution is -2.66. The van der Waals surface area contributed by atoms with Crippen LogP contribution in [-0.2, 0) is 4.79 Å². The van der Waals surface area contributed by atoms with Gasteiger partial charge in [-0.3, -0.25) is 19.7 Å². The summed E-state index contributed by atoms with van der Waals surface area (Å²) < 4.78 is 0. The highest BCUT2D eigenvalue weighted by atomic mass is 16.6. The normalized spacial score (nSPS) is 27.1. The average Bonchev–Trinajstić information content (AvgIpc) is 2.68. The van der Waals surface area contributed by atoms with Crippen LogP contribution in [0.25, 0.3) is 0 Å². The highest BCUT2D eigenvalue weighted by Gasteiger charge is 2.40. The van der Waals surface area contributed by atoms with Gasteiger partial charge in [-0.2, -0.15) is 0 Å². The van der Waals surface area contributed by atoms with Gasteiger partial charge in [-0.1, -0.05) is 0 Å². The lowest BCUT2D eigenvalue weighted by Gasteiger charge is -2.40. The van der Waals surface area contributed by atoms with E-state index in [0.717, 1.165) is 0 Å². The molecule has 1 heterocycles. The largest absolute Gasteiger partial charge is 0.389 e. The number of piperidine rings is 1. The van der Waals surface area contributed by atoms with E-state index in [9.17, 15) is 35.0 Å². The third-order valence-electron chi connectivity index (χ3n) is 4.60. The molecule has 154 valence electrons. The standard InChI is InChI=1S/C17H24N4O7/c1-9-14(23)16(25)15(24)12(20-9)8-19-13(22)6-7-18-17(26)10-2-4-11(5-3-10)21(27)28/h2-5,9,12,14-16,20,23-25H,6-8H2,1H3,(H,18,26)(H,19,22)/t9-,12+,14+,15+,16+/m0/s1. The molecule has 1 fully saturated rings. The van der Waals surface area contributed by atoms with Crippen LogP contribution in [0.2, 0.25) is 0 Å². The van der Waals surface area contributed by atoms with Gasteiger partial charge in [0, 0.05) is 43.2 Å². The van der Waals surface area contributed by atoms with Gasteiger partial charge in [0.05, 0.1) is 23.2 Å². The number of carbonyl (C=O) groups excluding carboxylic acids is 2. The van der Waals surface area contributed by atoms with Crippen molar-refractivity contribution in [3.05, 3.63) is 39.9 Å². The van der Waals surface area contributed by atoms with Crippen molar-refractivity contribution in [3.63, 3.8) is 0 Å². The molecule has 28 heavy (non-hydrogen) atoms. The highest BCUT2D eigenvalue weighted by molar-refractivity contribution is 5.94. The Labute approximate surface area is 160 Å². The van der Waals surface area contributed by atoms with Gasteiger partial charge in [0.15, 0.2) is 0 Å². The zero-order valence-electron chi connectivity index (χ0n) is 15.2. The van der Waals surface area contributed by atoms with Crippen molar-refractivity contribution in [1.82, 2.24) is 16.0 Å². The average molecular weight is 396 g/mol. The zero-order chi connectivity index (χ0) is 20.8. The molecule has 1 saturated heterocycles. The maximum atomic E-state index is 12.0. The van der Waals surface area contributed by atoms with Crippen molar-refractivity contribution in [1.29, 1.82) is 0 Å². The number of rotatable bonds is 7. The molecule has 1 aromatic rings. The van der Waals surface area contributed by atoms with E-state index in [1.54, 1.807) is 6.92 Å². The minimum atomic E-state index is -1.31. The van der Waals surface area contributed by atoms with Gasteiger partial charge >= 0.3 is 0 Å². The lowest BCUT2D eigenvalue weighted by molar-refractivity contribution is -0.384. The summed E-state index contributed by atoms with van der Waals surface area (Å²) >= 11 is 0. The Balaban J connectivity index is 1.72. The van der Waals surface area contributed by atoms with Crippen LogP contribution in [0.15, 0.2) is 24.3 Å². The Morgan fingerprint density at radius 3 is 2.36 bits per heavy atom. The first kappa shape index (κ1) is 21.7. The van der Waals surface area contributed by atoms with Crippen LogP contribution in [0.5, 0.6) is 0 Å². The molecule has 0 saturated carbocycles. The SMILES string of the molecule is C[C@@H]1N[C@H](CNC(=O)CCNC(=O)c2ccc([N+](=O)[O-])cc2)[C@@H](O)[C@H](O)[C@@H]1O. The van der Waals surface area contributed by atoms with Gasteiger partial charge in [0.1, 0.15) is 6.10 Å². The molecule has 6 N–H and O–H groups in total. The second-order valence-electron chi connectivity index (χ2n) is 6.65. The summed E-state index contributed by atoms with van der Waals surface area (Å²) in [6.45, 7) is 1.76. The Hall–Kier alpha value is -2.60. The minimum Gasteiger partial charge on any atom is -0.389 e. The van der Waals surface area contributed by atoms with Crippen LogP contribution in [0.1, 0.15) is 23.7 Å². The molecule has 0 aliphatic carbocycles. The molecular formula is C17H24N4O7. The van der Waals surface area contributed by atoms with Crippen molar-refractivity contribution in [2.45, 2.75) is 43.7 Å². The Morgan fingerprint density at radius 2 is 1.75 bits per heavy atom. The summed E-state index contributed by atoms with van der Waals surface area (Å²) in [6, 6.07) is 4.02. The molecule has 11 heteroatoms. The number of nitro benzene ring substituents is 1. The number of aliphatic hydroxyl groups excluding tert-OH is 3. The molecular weight excluding hydrogens is 372 g/mol. The van der Waals surface area contributed by atoms with Gasteiger partial charge in [0.25, 0.3) is 11.6 Å². The van der Waals surface area contributed by atoms with Crippen molar-refractivity contribution in [3.8, 4) is 0 Å². The first-order chi connectivity index (χ1) is 13.2. The summed E-state index contributed by atoms with van der Waals surface area (Å²) in [6.07, 6.45) is -3.65. The second kappa shape index (κ2) is 9.55. The molecule has 0 radical (unpaired) electrons. The summed E-state index contributed by atoms with van der Waals surface area (Å²) in [5, 5.41) is 48.0. The van der Waals surface area contributed by atoms with E-state index in [1.807, 2.05) is 0 Å². The van der Waals surface area contributed by atoms with E-state index < -0.39 is 41.2 Å². The van der Waals surface area contributed by atoms with Crippen molar-refractivity contribution < 1.29 is 29.8 Å². The zero-order valence-corrected chi connectivity index (χ0v) is 15.2.